The first-order valence-electron chi connectivity index (χ1n) is 5.84. The summed E-state index contributed by atoms with van der Waals surface area (Å²) in [4.78, 5) is 2.98. The van der Waals surface area contributed by atoms with Crippen LogP contribution in [-0.2, 0) is 6.42 Å². The van der Waals surface area contributed by atoms with Crippen molar-refractivity contribution in [3.05, 3.63) is 35.0 Å². The van der Waals surface area contributed by atoms with Crippen LogP contribution in [0, 0.1) is 11.6 Å². The van der Waals surface area contributed by atoms with Crippen LogP contribution in [-0.4, -0.2) is 10.1 Å². The highest BCUT2D eigenvalue weighted by Crippen LogP contribution is 2.35. The standard InChI is InChI=1S/C13H13F2NO/c14-7-5-8-12-10(3-1-2-4-11(12)17)16-13(8)9(15)6-7/h5-6,11,16-17H,1-4H2. The minimum atomic E-state index is -0.623. The minimum absolute atomic E-state index is 0.303. The molecule has 1 aromatic carbocycles. The van der Waals surface area contributed by atoms with E-state index in [4.69, 9.17) is 0 Å². The van der Waals surface area contributed by atoms with Crippen molar-refractivity contribution in [2.24, 2.45) is 0 Å². The lowest BCUT2D eigenvalue weighted by Gasteiger charge is -2.07. The molecule has 3 rings (SSSR count). The highest BCUT2D eigenvalue weighted by atomic mass is 19.1. The third-order valence-electron chi connectivity index (χ3n) is 3.43. The number of hydrogen-bond donors (Lipinski definition) is 2. The number of nitrogens with one attached hydrogen (secondary N) is 1. The fraction of sp³-hybridized carbons (Fsp3) is 0.385. The summed E-state index contributed by atoms with van der Waals surface area (Å²) in [5.41, 5.74) is 1.82. The second-order valence-corrected chi connectivity index (χ2v) is 4.59. The van der Waals surface area contributed by atoms with E-state index in [-0.39, 0.29) is 0 Å². The number of aromatic nitrogens is 1. The van der Waals surface area contributed by atoms with E-state index in [9.17, 15) is 13.9 Å². The van der Waals surface area contributed by atoms with Crippen LogP contribution >= 0.6 is 0 Å². The number of aliphatic hydroxyl groups is 1. The van der Waals surface area contributed by atoms with Gasteiger partial charge in [-0.15, -0.1) is 0 Å². The molecular formula is C13H13F2NO. The summed E-state index contributed by atoms with van der Waals surface area (Å²) >= 11 is 0. The van der Waals surface area contributed by atoms with Crippen LogP contribution in [0.4, 0.5) is 8.78 Å². The number of fused-ring (bicyclic) bond motifs is 3. The maximum absolute atomic E-state index is 13.6. The van der Waals surface area contributed by atoms with Crippen molar-refractivity contribution in [1.82, 2.24) is 4.98 Å². The summed E-state index contributed by atoms with van der Waals surface area (Å²) in [6.07, 6.45) is 2.70. The van der Waals surface area contributed by atoms with Gasteiger partial charge in [-0.05, 0) is 25.3 Å². The molecule has 0 spiro atoms. The first-order valence-corrected chi connectivity index (χ1v) is 5.84. The SMILES string of the molecule is OC1CCCCc2[nH]c3c(F)cc(F)cc3c21. The summed E-state index contributed by atoms with van der Waals surface area (Å²) < 4.78 is 26.8. The van der Waals surface area contributed by atoms with E-state index in [0.717, 1.165) is 31.0 Å². The Labute approximate surface area is 97.3 Å². The molecule has 0 amide bonds. The number of benzene rings is 1. The summed E-state index contributed by atoms with van der Waals surface area (Å²) in [5.74, 6) is -1.20. The molecule has 2 aromatic rings. The van der Waals surface area contributed by atoms with E-state index in [1.807, 2.05) is 0 Å². The number of aryl methyl sites for hydroxylation is 1. The van der Waals surface area contributed by atoms with Gasteiger partial charge in [0.2, 0.25) is 0 Å². The number of hydrogen-bond acceptors (Lipinski definition) is 1. The Morgan fingerprint density at radius 2 is 2.06 bits per heavy atom. The van der Waals surface area contributed by atoms with Crippen molar-refractivity contribution in [1.29, 1.82) is 0 Å². The topological polar surface area (TPSA) is 36.0 Å². The Balaban J connectivity index is 2.32. The molecule has 2 N–H and O–H groups in total. The molecule has 2 nitrogen and oxygen atoms in total. The van der Waals surface area contributed by atoms with E-state index in [1.165, 1.54) is 6.07 Å². The molecule has 0 fully saturated rings. The van der Waals surface area contributed by atoms with Crippen LogP contribution in [0.1, 0.15) is 36.6 Å². The summed E-state index contributed by atoms with van der Waals surface area (Å²) in [7, 11) is 0. The smallest absolute Gasteiger partial charge is 0.150 e. The molecule has 0 saturated heterocycles. The zero-order valence-electron chi connectivity index (χ0n) is 9.26. The Hall–Kier alpha value is -1.42. The van der Waals surface area contributed by atoms with Gasteiger partial charge in [-0.25, -0.2) is 8.78 Å². The normalized spacial score (nSPS) is 20.3. The van der Waals surface area contributed by atoms with Crippen molar-refractivity contribution in [3.8, 4) is 0 Å². The summed E-state index contributed by atoms with van der Waals surface area (Å²) in [5, 5.41) is 10.5. The van der Waals surface area contributed by atoms with E-state index in [2.05, 4.69) is 4.98 Å². The molecule has 1 aromatic heterocycles. The third-order valence-corrected chi connectivity index (χ3v) is 3.43. The van der Waals surface area contributed by atoms with Crippen molar-refractivity contribution in [2.45, 2.75) is 31.8 Å². The second kappa shape index (κ2) is 3.81. The number of aromatic amines is 1. The lowest BCUT2D eigenvalue weighted by Crippen LogP contribution is -1.96. The van der Waals surface area contributed by atoms with Crippen molar-refractivity contribution in [3.63, 3.8) is 0 Å². The lowest BCUT2D eigenvalue weighted by atomic mass is 10.0. The lowest BCUT2D eigenvalue weighted by molar-refractivity contribution is 0.168. The maximum Gasteiger partial charge on any atom is 0.150 e. The summed E-state index contributed by atoms with van der Waals surface area (Å²) in [6, 6.07) is 2.16. The highest BCUT2D eigenvalue weighted by Gasteiger charge is 2.23. The number of rotatable bonds is 0. The van der Waals surface area contributed by atoms with Crippen LogP contribution in [0.3, 0.4) is 0 Å². The molecule has 0 saturated carbocycles. The van der Waals surface area contributed by atoms with Crippen molar-refractivity contribution < 1.29 is 13.9 Å². The number of H-pyrrole nitrogens is 1. The van der Waals surface area contributed by atoms with Gasteiger partial charge < -0.3 is 10.1 Å². The largest absolute Gasteiger partial charge is 0.388 e. The van der Waals surface area contributed by atoms with E-state index >= 15 is 0 Å². The van der Waals surface area contributed by atoms with Gasteiger partial charge >= 0.3 is 0 Å². The van der Waals surface area contributed by atoms with Gasteiger partial charge in [0.25, 0.3) is 0 Å². The Morgan fingerprint density at radius 3 is 2.88 bits per heavy atom. The summed E-state index contributed by atoms with van der Waals surface area (Å²) in [6.45, 7) is 0. The van der Waals surface area contributed by atoms with Crippen LogP contribution in [0.5, 0.6) is 0 Å². The van der Waals surface area contributed by atoms with Crippen LogP contribution in [0.25, 0.3) is 10.9 Å². The molecular weight excluding hydrogens is 224 g/mol. The molecule has 17 heavy (non-hydrogen) atoms. The minimum Gasteiger partial charge on any atom is -0.388 e. The fourth-order valence-corrected chi connectivity index (χ4v) is 2.66. The monoisotopic (exact) mass is 237 g/mol. The van der Waals surface area contributed by atoms with Gasteiger partial charge in [0.15, 0.2) is 0 Å². The van der Waals surface area contributed by atoms with Crippen molar-refractivity contribution >= 4 is 10.9 Å². The number of aliphatic hydroxyl groups excluding tert-OH is 1. The molecule has 90 valence electrons. The fourth-order valence-electron chi connectivity index (χ4n) is 2.66. The molecule has 1 heterocycles. The van der Waals surface area contributed by atoms with Crippen LogP contribution in [0.2, 0.25) is 0 Å². The van der Waals surface area contributed by atoms with Gasteiger partial charge in [-0.3, -0.25) is 0 Å². The van der Waals surface area contributed by atoms with Gasteiger partial charge in [-0.2, -0.15) is 0 Å². The Kier molecular flexibility index (Phi) is 2.40. The van der Waals surface area contributed by atoms with Gasteiger partial charge in [0.05, 0.1) is 11.6 Å². The van der Waals surface area contributed by atoms with E-state index in [1.54, 1.807) is 0 Å². The van der Waals surface area contributed by atoms with Crippen molar-refractivity contribution in [2.75, 3.05) is 0 Å². The average Bonchev–Trinajstić information content (AvgIpc) is 2.53. The molecule has 1 aliphatic carbocycles. The molecule has 1 aliphatic rings. The molecule has 4 heteroatoms. The van der Waals surface area contributed by atoms with Gasteiger partial charge in [-0.1, -0.05) is 6.42 Å². The second-order valence-electron chi connectivity index (χ2n) is 4.59. The zero-order chi connectivity index (χ0) is 12.0. The predicted octanol–water partition coefficient (Wildman–Crippen LogP) is 3.21. The molecule has 0 radical (unpaired) electrons. The third kappa shape index (κ3) is 1.63. The van der Waals surface area contributed by atoms with Gasteiger partial charge in [0.1, 0.15) is 11.6 Å². The van der Waals surface area contributed by atoms with E-state index < -0.39 is 17.7 Å². The van der Waals surface area contributed by atoms with E-state index in [0.29, 0.717) is 22.9 Å². The predicted molar refractivity (Wildman–Crippen MR) is 60.7 cm³/mol. The molecule has 1 atom stereocenters. The highest BCUT2D eigenvalue weighted by molar-refractivity contribution is 5.85. The molecule has 0 aliphatic heterocycles. The molecule has 0 bridgehead atoms. The van der Waals surface area contributed by atoms with Crippen LogP contribution < -0.4 is 0 Å². The van der Waals surface area contributed by atoms with Gasteiger partial charge in [0, 0.05) is 22.7 Å². The Morgan fingerprint density at radius 1 is 1.24 bits per heavy atom. The maximum atomic E-state index is 13.6. The average molecular weight is 237 g/mol. The van der Waals surface area contributed by atoms with Crippen LogP contribution in [0.15, 0.2) is 12.1 Å². The first kappa shape index (κ1) is 10.7. The number of halogens is 2. The zero-order valence-corrected chi connectivity index (χ0v) is 9.26. The first-order chi connectivity index (χ1) is 8.16. The molecule has 1 unspecified atom stereocenters. The Bertz CT molecular complexity index is 576. The quantitative estimate of drug-likeness (QED) is 0.678.